The van der Waals surface area contributed by atoms with Crippen LogP contribution in [0.15, 0.2) is 24.3 Å². The molecule has 0 unspecified atom stereocenters. The van der Waals surface area contributed by atoms with Crippen molar-refractivity contribution >= 4 is 17.5 Å². The standard InChI is InChI=1S/C15H19F3N2O2/c1-9(2)19-12(21)14(3,4)13(22)20-11-7-5-6-10(8-11)15(16,17)18/h5-9H,1-4H3,(H,19,21)(H,20,22). The molecule has 1 rings (SSSR count). The summed E-state index contributed by atoms with van der Waals surface area (Å²) in [5.41, 5.74) is -2.28. The molecule has 122 valence electrons. The molecule has 0 bridgehead atoms. The van der Waals surface area contributed by atoms with E-state index in [4.69, 9.17) is 0 Å². The van der Waals surface area contributed by atoms with Crippen LogP contribution in [0.4, 0.5) is 18.9 Å². The summed E-state index contributed by atoms with van der Waals surface area (Å²) in [6.45, 7) is 6.32. The van der Waals surface area contributed by atoms with Crippen molar-refractivity contribution in [3.05, 3.63) is 29.8 Å². The van der Waals surface area contributed by atoms with Gasteiger partial charge in [0.15, 0.2) is 0 Å². The number of benzene rings is 1. The predicted octanol–water partition coefficient (Wildman–Crippen LogP) is 3.19. The molecule has 0 aromatic heterocycles. The first-order valence-electron chi connectivity index (χ1n) is 6.74. The molecular weight excluding hydrogens is 297 g/mol. The van der Waals surface area contributed by atoms with E-state index < -0.39 is 29.0 Å². The quantitative estimate of drug-likeness (QED) is 0.838. The topological polar surface area (TPSA) is 58.2 Å². The van der Waals surface area contributed by atoms with Crippen molar-refractivity contribution in [3.8, 4) is 0 Å². The van der Waals surface area contributed by atoms with Crippen molar-refractivity contribution in [2.24, 2.45) is 5.41 Å². The van der Waals surface area contributed by atoms with Crippen molar-refractivity contribution in [2.75, 3.05) is 5.32 Å². The Bertz CT molecular complexity index is 566. The van der Waals surface area contributed by atoms with E-state index in [0.717, 1.165) is 12.1 Å². The van der Waals surface area contributed by atoms with E-state index in [0.29, 0.717) is 0 Å². The summed E-state index contributed by atoms with van der Waals surface area (Å²) < 4.78 is 37.9. The van der Waals surface area contributed by atoms with Crippen molar-refractivity contribution in [3.63, 3.8) is 0 Å². The van der Waals surface area contributed by atoms with Gasteiger partial charge in [0.05, 0.1) is 5.56 Å². The summed E-state index contributed by atoms with van der Waals surface area (Å²) in [5.74, 6) is -1.17. The molecule has 0 aliphatic carbocycles. The number of halogens is 3. The number of hydrogen-bond acceptors (Lipinski definition) is 2. The summed E-state index contributed by atoms with van der Waals surface area (Å²) in [4.78, 5) is 24.1. The molecule has 0 aliphatic rings. The van der Waals surface area contributed by atoms with E-state index >= 15 is 0 Å². The van der Waals surface area contributed by atoms with E-state index in [2.05, 4.69) is 10.6 Å². The van der Waals surface area contributed by atoms with Crippen LogP contribution in [0.1, 0.15) is 33.3 Å². The average Bonchev–Trinajstić information content (AvgIpc) is 2.37. The van der Waals surface area contributed by atoms with Crippen LogP contribution >= 0.6 is 0 Å². The molecule has 1 aromatic carbocycles. The van der Waals surface area contributed by atoms with Crippen LogP contribution in [0.2, 0.25) is 0 Å². The van der Waals surface area contributed by atoms with Gasteiger partial charge in [-0.1, -0.05) is 6.07 Å². The fourth-order valence-electron chi connectivity index (χ4n) is 1.61. The summed E-state index contributed by atoms with van der Waals surface area (Å²) >= 11 is 0. The Morgan fingerprint density at radius 3 is 2.18 bits per heavy atom. The lowest BCUT2D eigenvalue weighted by Gasteiger charge is -2.24. The number of carbonyl (C=O) groups is 2. The smallest absolute Gasteiger partial charge is 0.353 e. The van der Waals surface area contributed by atoms with E-state index in [1.807, 2.05) is 0 Å². The van der Waals surface area contributed by atoms with Gasteiger partial charge < -0.3 is 10.6 Å². The van der Waals surface area contributed by atoms with Crippen LogP contribution in [-0.4, -0.2) is 17.9 Å². The zero-order chi connectivity index (χ0) is 17.1. The summed E-state index contributed by atoms with van der Waals surface area (Å²) in [5, 5.41) is 4.95. The van der Waals surface area contributed by atoms with E-state index in [9.17, 15) is 22.8 Å². The van der Waals surface area contributed by atoms with Gasteiger partial charge >= 0.3 is 6.18 Å². The minimum Gasteiger partial charge on any atom is -0.353 e. The maximum atomic E-state index is 12.6. The van der Waals surface area contributed by atoms with E-state index in [1.165, 1.54) is 26.0 Å². The number of anilines is 1. The van der Waals surface area contributed by atoms with Crippen LogP contribution < -0.4 is 10.6 Å². The molecule has 0 heterocycles. The van der Waals surface area contributed by atoms with Crippen LogP contribution in [0.5, 0.6) is 0 Å². The second-order valence-electron chi connectivity index (χ2n) is 5.79. The third-order valence-electron chi connectivity index (χ3n) is 3.00. The normalized spacial score (nSPS) is 12.2. The Morgan fingerprint density at radius 1 is 1.09 bits per heavy atom. The molecule has 22 heavy (non-hydrogen) atoms. The molecule has 0 saturated carbocycles. The van der Waals surface area contributed by atoms with Crippen molar-refractivity contribution in [1.29, 1.82) is 0 Å². The highest BCUT2D eigenvalue weighted by molar-refractivity contribution is 6.09. The van der Waals surface area contributed by atoms with E-state index in [-0.39, 0.29) is 11.7 Å². The molecule has 0 aliphatic heterocycles. The van der Waals surface area contributed by atoms with Crippen LogP contribution in [0.25, 0.3) is 0 Å². The summed E-state index contributed by atoms with van der Waals surface area (Å²) in [6, 6.07) is 4.12. The molecule has 2 amide bonds. The lowest BCUT2D eigenvalue weighted by atomic mass is 9.90. The van der Waals surface area contributed by atoms with Gasteiger partial charge in [0, 0.05) is 11.7 Å². The maximum Gasteiger partial charge on any atom is 0.416 e. The zero-order valence-corrected chi connectivity index (χ0v) is 12.8. The third-order valence-corrected chi connectivity index (χ3v) is 3.00. The third kappa shape index (κ3) is 4.47. The molecule has 4 nitrogen and oxygen atoms in total. The second kappa shape index (κ2) is 6.37. The molecule has 2 N–H and O–H groups in total. The second-order valence-corrected chi connectivity index (χ2v) is 5.79. The highest BCUT2D eigenvalue weighted by Gasteiger charge is 2.37. The molecule has 0 atom stereocenters. The highest BCUT2D eigenvalue weighted by atomic mass is 19.4. The molecule has 7 heteroatoms. The fourth-order valence-corrected chi connectivity index (χ4v) is 1.61. The molecule has 0 saturated heterocycles. The van der Waals surface area contributed by atoms with Gasteiger partial charge in [-0.3, -0.25) is 9.59 Å². The monoisotopic (exact) mass is 316 g/mol. The Kier molecular flexibility index (Phi) is 5.22. The largest absolute Gasteiger partial charge is 0.416 e. The number of alkyl halides is 3. The maximum absolute atomic E-state index is 12.6. The van der Waals surface area contributed by atoms with Crippen molar-refractivity contribution < 1.29 is 22.8 Å². The first-order valence-corrected chi connectivity index (χ1v) is 6.74. The Morgan fingerprint density at radius 2 is 1.68 bits per heavy atom. The molecule has 0 radical (unpaired) electrons. The molecule has 0 fully saturated rings. The minimum absolute atomic E-state index is 0.00903. The number of hydrogen-bond donors (Lipinski definition) is 2. The molecular formula is C15H19F3N2O2. The Balaban J connectivity index is 2.91. The Labute approximate surface area is 127 Å². The van der Waals surface area contributed by atoms with Gasteiger partial charge in [-0.25, -0.2) is 0 Å². The zero-order valence-electron chi connectivity index (χ0n) is 12.8. The van der Waals surface area contributed by atoms with Gasteiger partial charge in [0.25, 0.3) is 0 Å². The fraction of sp³-hybridized carbons (Fsp3) is 0.467. The van der Waals surface area contributed by atoms with Crippen molar-refractivity contribution in [2.45, 2.75) is 39.9 Å². The highest BCUT2D eigenvalue weighted by Crippen LogP contribution is 2.31. The predicted molar refractivity (Wildman–Crippen MR) is 77.1 cm³/mol. The number of carbonyl (C=O) groups excluding carboxylic acids is 2. The lowest BCUT2D eigenvalue weighted by molar-refractivity contribution is -0.139. The number of amides is 2. The first kappa shape index (κ1) is 18.0. The SMILES string of the molecule is CC(C)NC(=O)C(C)(C)C(=O)Nc1cccc(C(F)(F)F)c1. The number of nitrogens with one attached hydrogen (secondary N) is 2. The van der Waals surface area contributed by atoms with Crippen LogP contribution in [0.3, 0.4) is 0 Å². The van der Waals surface area contributed by atoms with Crippen LogP contribution in [-0.2, 0) is 15.8 Å². The van der Waals surface area contributed by atoms with Crippen molar-refractivity contribution in [1.82, 2.24) is 5.32 Å². The van der Waals surface area contributed by atoms with Gasteiger partial charge in [0.2, 0.25) is 11.8 Å². The van der Waals surface area contributed by atoms with Crippen LogP contribution in [0, 0.1) is 5.41 Å². The lowest BCUT2D eigenvalue weighted by Crippen LogP contribution is -2.47. The molecule has 0 spiro atoms. The average molecular weight is 316 g/mol. The van der Waals surface area contributed by atoms with Gasteiger partial charge in [-0.05, 0) is 45.9 Å². The summed E-state index contributed by atoms with van der Waals surface area (Å²) in [7, 11) is 0. The minimum atomic E-state index is -4.49. The van der Waals surface area contributed by atoms with Gasteiger partial charge in [-0.2, -0.15) is 13.2 Å². The number of rotatable bonds is 4. The first-order chi connectivity index (χ1) is 9.94. The van der Waals surface area contributed by atoms with E-state index in [1.54, 1.807) is 13.8 Å². The van der Waals surface area contributed by atoms with Gasteiger partial charge in [0.1, 0.15) is 5.41 Å². The molecule has 1 aromatic rings. The Hall–Kier alpha value is -2.05. The van der Waals surface area contributed by atoms with Gasteiger partial charge in [-0.15, -0.1) is 0 Å². The summed E-state index contributed by atoms with van der Waals surface area (Å²) in [6.07, 6.45) is -4.49.